The van der Waals surface area contributed by atoms with E-state index in [4.69, 9.17) is 4.74 Å². The first-order valence-corrected chi connectivity index (χ1v) is 9.62. The van der Waals surface area contributed by atoms with Gasteiger partial charge in [0.1, 0.15) is 11.4 Å². The summed E-state index contributed by atoms with van der Waals surface area (Å²) >= 11 is 0. The molecule has 2 aliphatic heterocycles. The molecule has 0 aliphatic carbocycles. The van der Waals surface area contributed by atoms with Gasteiger partial charge in [-0.25, -0.2) is 0 Å². The maximum absolute atomic E-state index is 13.2. The molecule has 7 heteroatoms. The molecule has 0 bridgehead atoms. The Bertz CT molecular complexity index is 990. The lowest BCUT2D eigenvalue weighted by molar-refractivity contribution is -0.117. The minimum Gasteiger partial charge on any atom is -0.497 e. The molecular weight excluding hydrogens is 370 g/mol. The predicted molar refractivity (Wildman–Crippen MR) is 109 cm³/mol. The average Bonchev–Trinajstić information content (AvgIpc) is 3.03. The topological polar surface area (TPSA) is 79.0 Å². The third kappa shape index (κ3) is 3.22. The molecule has 7 nitrogen and oxygen atoms in total. The molecule has 0 aromatic heterocycles. The number of nitrogens with one attached hydrogen (secondary N) is 1. The predicted octanol–water partition coefficient (Wildman–Crippen LogP) is 3.02. The van der Waals surface area contributed by atoms with Crippen LogP contribution >= 0.6 is 0 Å². The van der Waals surface area contributed by atoms with Crippen molar-refractivity contribution >= 4 is 29.1 Å². The number of carbonyl (C=O) groups is 3. The number of rotatable bonds is 5. The molecule has 2 heterocycles. The molecule has 1 unspecified atom stereocenters. The van der Waals surface area contributed by atoms with Gasteiger partial charge < -0.3 is 15.0 Å². The molecule has 29 heavy (non-hydrogen) atoms. The minimum atomic E-state index is -0.751. The van der Waals surface area contributed by atoms with E-state index in [-0.39, 0.29) is 30.7 Å². The molecule has 0 radical (unpaired) electrons. The zero-order valence-electron chi connectivity index (χ0n) is 16.5. The van der Waals surface area contributed by atoms with Crippen molar-refractivity contribution in [2.75, 3.05) is 23.9 Å². The number of carbonyl (C=O) groups excluding carboxylic acids is 3. The van der Waals surface area contributed by atoms with E-state index in [0.717, 1.165) is 0 Å². The first-order valence-electron chi connectivity index (χ1n) is 9.62. The SMILES string of the molecule is COc1cccc(NC(=O)CCN2C(=O)c3ccccc3N3C(=O)CCC23C)c1. The largest absolute Gasteiger partial charge is 0.497 e. The summed E-state index contributed by atoms with van der Waals surface area (Å²) in [4.78, 5) is 41.6. The van der Waals surface area contributed by atoms with Crippen molar-refractivity contribution < 1.29 is 19.1 Å². The highest BCUT2D eigenvalue weighted by Gasteiger charge is 2.52. The lowest BCUT2D eigenvalue weighted by Gasteiger charge is -2.48. The fourth-order valence-electron chi connectivity index (χ4n) is 4.18. The van der Waals surface area contributed by atoms with Gasteiger partial charge >= 0.3 is 0 Å². The van der Waals surface area contributed by atoms with E-state index < -0.39 is 5.66 Å². The fraction of sp³-hybridized carbons (Fsp3) is 0.318. The molecule has 3 amide bonds. The Kier molecular flexibility index (Phi) is 4.74. The second-order valence-corrected chi connectivity index (χ2v) is 7.45. The number of nitrogens with zero attached hydrogens (tertiary/aromatic N) is 2. The Hall–Kier alpha value is -3.35. The Morgan fingerprint density at radius 2 is 1.97 bits per heavy atom. The van der Waals surface area contributed by atoms with Crippen molar-refractivity contribution in [3.63, 3.8) is 0 Å². The fourth-order valence-corrected chi connectivity index (χ4v) is 4.18. The summed E-state index contributed by atoms with van der Waals surface area (Å²) in [6.45, 7) is 2.12. The normalized spacial score (nSPS) is 20.3. The highest BCUT2D eigenvalue weighted by molar-refractivity contribution is 6.10. The van der Waals surface area contributed by atoms with Gasteiger partial charge in [0.05, 0.1) is 18.4 Å². The number of para-hydroxylation sites is 1. The number of ether oxygens (including phenoxy) is 1. The van der Waals surface area contributed by atoms with E-state index >= 15 is 0 Å². The lowest BCUT2D eigenvalue weighted by atomic mass is 9.98. The maximum Gasteiger partial charge on any atom is 0.257 e. The molecule has 4 rings (SSSR count). The molecular formula is C22H23N3O4. The molecule has 1 N–H and O–H groups in total. The minimum absolute atomic E-state index is 0.00159. The number of fused-ring (bicyclic) bond motifs is 3. The Morgan fingerprint density at radius 1 is 1.17 bits per heavy atom. The second-order valence-electron chi connectivity index (χ2n) is 7.45. The first kappa shape index (κ1) is 19.0. The van der Waals surface area contributed by atoms with E-state index in [9.17, 15) is 14.4 Å². The molecule has 1 saturated heterocycles. The van der Waals surface area contributed by atoms with Gasteiger partial charge in [0.15, 0.2) is 0 Å². The van der Waals surface area contributed by atoms with Crippen molar-refractivity contribution in [2.45, 2.75) is 31.8 Å². The number of hydrogen-bond donors (Lipinski definition) is 1. The van der Waals surface area contributed by atoms with Crippen LogP contribution < -0.4 is 15.0 Å². The van der Waals surface area contributed by atoms with Crippen LogP contribution in [-0.4, -0.2) is 41.9 Å². The van der Waals surface area contributed by atoms with E-state index in [1.54, 1.807) is 53.3 Å². The van der Waals surface area contributed by atoms with Crippen molar-refractivity contribution in [3.05, 3.63) is 54.1 Å². The van der Waals surface area contributed by atoms with E-state index in [0.29, 0.717) is 35.5 Å². The van der Waals surface area contributed by atoms with Gasteiger partial charge in [0.25, 0.3) is 5.91 Å². The molecule has 0 spiro atoms. The molecule has 1 atom stereocenters. The Labute approximate surface area is 169 Å². The van der Waals surface area contributed by atoms with Crippen LogP contribution in [-0.2, 0) is 9.59 Å². The standard InChI is InChI=1S/C22H23N3O4/c1-22-12-10-20(27)25(22)18-9-4-3-8-17(18)21(28)24(22)13-11-19(26)23-15-6-5-7-16(14-15)29-2/h3-9,14H,10-13H2,1-2H3,(H,23,26). The summed E-state index contributed by atoms with van der Waals surface area (Å²) in [5.74, 6) is 0.295. The zero-order valence-corrected chi connectivity index (χ0v) is 16.5. The quantitative estimate of drug-likeness (QED) is 0.847. The van der Waals surface area contributed by atoms with Gasteiger partial charge in [-0.2, -0.15) is 0 Å². The Morgan fingerprint density at radius 3 is 2.76 bits per heavy atom. The molecule has 2 aromatic carbocycles. The number of anilines is 2. The second kappa shape index (κ2) is 7.24. The van der Waals surface area contributed by atoms with Crippen LogP contribution in [0.25, 0.3) is 0 Å². The zero-order chi connectivity index (χ0) is 20.6. The molecule has 150 valence electrons. The van der Waals surface area contributed by atoms with Crippen LogP contribution in [0.15, 0.2) is 48.5 Å². The van der Waals surface area contributed by atoms with Crippen molar-refractivity contribution in [2.24, 2.45) is 0 Å². The van der Waals surface area contributed by atoms with E-state index in [2.05, 4.69) is 5.32 Å². The Balaban J connectivity index is 1.53. The van der Waals surface area contributed by atoms with Crippen LogP contribution in [0.1, 0.15) is 36.5 Å². The van der Waals surface area contributed by atoms with E-state index in [1.165, 1.54) is 0 Å². The summed E-state index contributed by atoms with van der Waals surface area (Å²) in [5, 5.41) is 2.83. The van der Waals surface area contributed by atoms with Crippen LogP contribution in [0, 0.1) is 0 Å². The highest BCUT2D eigenvalue weighted by Crippen LogP contribution is 2.43. The van der Waals surface area contributed by atoms with E-state index in [1.807, 2.05) is 19.1 Å². The van der Waals surface area contributed by atoms with Crippen LogP contribution in [0.2, 0.25) is 0 Å². The van der Waals surface area contributed by atoms with Gasteiger partial charge in [-0.05, 0) is 37.6 Å². The van der Waals surface area contributed by atoms with Gasteiger partial charge in [-0.3, -0.25) is 19.3 Å². The van der Waals surface area contributed by atoms with Crippen molar-refractivity contribution in [3.8, 4) is 5.75 Å². The summed E-state index contributed by atoms with van der Waals surface area (Å²) in [6, 6.07) is 14.3. The highest BCUT2D eigenvalue weighted by atomic mass is 16.5. The number of benzene rings is 2. The summed E-state index contributed by atoms with van der Waals surface area (Å²) in [5.41, 5.74) is 1.03. The monoisotopic (exact) mass is 393 g/mol. The number of amides is 3. The molecule has 2 aliphatic rings. The maximum atomic E-state index is 13.2. The number of methoxy groups -OCH3 is 1. The van der Waals surface area contributed by atoms with Gasteiger partial charge in [0, 0.05) is 31.1 Å². The summed E-state index contributed by atoms with van der Waals surface area (Å²) in [7, 11) is 1.57. The van der Waals surface area contributed by atoms with Gasteiger partial charge in [-0.1, -0.05) is 18.2 Å². The summed E-state index contributed by atoms with van der Waals surface area (Å²) in [6.07, 6.45) is 1.05. The lowest BCUT2D eigenvalue weighted by Crippen LogP contribution is -2.62. The van der Waals surface area contributed by atoms with Gasteiger partial charge in [-0.15, -0.1) is 0 Å². The van der Waals surface area contributed by atoms with Crippen molar-refractivity contribution in [1.82, 2.24) is 4.90 Å². The average molecular weight is 393 g/mol. The van der Waals surface area contributed by atoms with Crippen molar-refractivity contribution in [1.29, 1.82) is 0 Å². The third-order valence-corrected chi connectivity index (χ3v) is 5.66. The van der Waals surface area contributed by atoms with Crippen LogP contribution in [0.3, 0.4) is 0 Å². The first-order chi connectivity index (χ1) is 13.9. The third-order valence-electron chi connectivity index (χ3n) is 5.66. The smallest absolute Gasteiger partial charge is 0.257 e. The number of hydrogen-bond acceptors (Lipinski definition) is 4. The molecule has 2 aromatic rings. The van der Waals surface area contributed by atoms with Crippen LogP contribution in [0.5, 0.6) is 5.75 Å². The van der Waals surface area contributed by atoms with Gasteiger partial charge in [0.2, 0.25) is 11.8 Å². The van der Waals surface area contributed by atoms with Crippen LogP contribution in [0.4, 0.5) is 11.4 Å². The molecule has 1 fully saturated rings. The molecule has 0 saturated carbocycles. The summed E-state index contributed by atoms with van der Waals surface area (Å²) < 4.78 is 5.17.